The van der Waals surface area contributed by atoms with E-state index in [-0.39, 0.29) is 0 Å². The Balaban J connectivity index is 0.000000921. The molecule has 0 saturated heterocycles. The van der Waals surface area contributed by atoms with Crippen LogP contribution in [0.25, 0.3) is 0 Å². The fraction of sp³-hybridized carbons (Fsp3) is 0.500. The van der Waals surface area contributed by atoms with Crippen molar-refractivity contribution in [2.45, 2.75) is 26.8 Å². The van der Waals surface area contributed by atoms with E-state index in [0.717, 1.165) is 31.7 Å². The molecule has 0 radical (unpaired) electrons. The highest BCUT2D eigenvalue weighted by molar-refractivity contribution is 5.39. The van der Waals surface area contributed by atoms with Gasteiger partial charge in [-0.3, -0.25) is 0 Å². The van der Waals surface area contributed by atoms with Gasteiger partial charge >= 0.3 is 0 Å². The number of anilines is 1. The third-order valence-corrected chi connectivity index (χ3v) is 1.87. The maximum Gasteiger partial charge on any atom is 0.0314 e. The van der Waals surface area contributed by atoms with Crippen molar-refractivity contribution in [3.63, 3.8) is 0 Å². The van der Waals surface area contributed by atoms with E-state index < -0.39 is 0 Å². The van der Waals surface area contributed by atoms with E-state index in [1.807, 2.05) is 38.1 Å². The summed E-state index contributed by atoms with van der Waals surface area (Å²) in [5, 5.41) is 3.30. The highest BCUT2D eigenvalue weighted by Gasteiger charge is 1.91. The molecule has 0 saturated carbocycles. The molecule has 3 nitrogen and oxygen atoms in total. The highest BCUT2D eigenvalue weighted by Crippen LogP contribution is 2.04. The van der Waals surface area contributed by atoms with E-state index >= 15 is 0 Å². The molecule has 86 valence electrons. The lowest BCUT2D eigenvalue weighted by Gasteiger charge is -2.03. The number of nitrogen functional groups attached to an aromatic ring is 1. The van der Waals surface area contributed by atoms with Gasteiger partial charge < -0.3 is 16.8 Å². The smallest absolute Gasteiger partial charge is 0.0314 e. The van der Waals surface area contributed by atoms with Crippen LogP contribution >= 0.6 is 0 Å². The summed E-state index contributed by atoms with van der Waals surface area (Å²) in [4.78, 5) is 0. The summed E-state index contributed by atoms with van der Waals surface area (Å²) >= 11 is 0. The van der Waals surface area contributed by atoms with E-state index in [9.17, 15) is 0 Å². The summed E-state index contributed by atoms with van der Waals surface area (Å²) in [6.45, 7) is 6.61. The van der Waals surface area contributed by atoms with Crippen LogP contribution in [0.2, 0.25) is 0 Å². The van der Waals surface area contributed by atoms with Gasteiger partial charge in [-0.15, -0.1) is 0 Å². The van der Waals surface area contributed by atoms with Gasteiger partial charge in [-0.1, -0.05) is 26.0 Å². The molecular formula is C12H23N3. The molecule has 0 heterocycles. The van der Waals surface area contributed by atoms with Gasteiger partial charge in [0.1, 0.15) is 0 Å². The van der Waals surface area contributed by atoms with Crippen LogP contribution in [0.4, 0.5) is 5.69 Å². The molecule has 1 aromatic carbocycles. The molecule has 0 atom stereocenters. The lowest BCUT2D eigenvalue weighted by molar-refractivity contribution is 0.655. The van der Waals surface area contributed by atoms with E-state index in [1.54, 1.807) is 0 Å². The minimum Gasteiger partial charge on any atom is -0.399 e. The zero-order valence-corrected chi connectivity index (χ0v) is 9.79. The molecule has 3 heteroatoms. The largest absolute Gasteiger partial charge is 0.399 e. The summed E-state index contributed by atoms with van der Waals surface area (Å²) in [6, 6.07) is 7.90. The Bertz CT molecular complexity index is 231. The lowest BCUT2D eigenvalue weighted by Crippen LogP contribution is -2.17. The maximum atomic E-state index is 5.57. The minimum atomic E-state index is 0.745. The first kappa shape index (κ1) is 13.9. The SMILES string of the molecule is CC.NCCCNCc1ccc(N)cc1. The second-order valence-corrected chi connectivity index (χ2v) is 3.06. The Morgan fingerprint density at radius 3 is 2.27 bits per heavy atom. The van der Waals surface area contributed by atoms with Gasteiger partial charge in [0.2, 0.25) is 0 Å². The quantitative estimate of drug-likeness (QED) is 0.511. The van der Waals surface area contributed by atoms with Crippen LogP contribution in [0.5, 0.6) is 0 Å². The number of benzene rings is 1. The second-order valence-electron chi connectivity index (χ2n) is 3.06. The zero-order chi connectivity index (χ0) is 11.5. The van der Waals surface area contributed by atoms with Gasteiger partial charge in [-0.2, -0.15) is 0 Å². The zero-order valence-electron chi connectivity index (χ0n) is 9.79. The molecule has 0 spiro atoms. The average Bonchev–Trinajstić information content (AvgIpc) is 2.30. The van der Waals surface area contributed by atoms with E-state index in [4.69, 9.17) is 11.5 Å². The minimum absolute atomic E-state index is 0.745. The molecule has 0 aromatic heterocycles. The normalized spacial score (nSPS) is 9.27. The third-order valence-electron chi connectivity index (χ3n) is 1.87. The van der Waals surface area contributed by atoms with Crippen LogP contribution in [0.1, 0.15) is 25.8 Å². The summed E-state index contributed by atoms with van der Waals surface area (Å²) in [7, 11) is 0. The molecule has 0 bridgehead atoms. The topological polar surface area (TPSA) is 64.1 Å². The Morgan fingerprint density at radius 2 is 1.73 bits per heavy atom. The Kier molecular flexibility index (Phi) is 8.82. The summed E-state index contributed by atoms with van der Waals surface area (Å²) in [5.74, 6) is 0. The summed E-state index contributed by atoms with van der Waals surface area (Å²) < 4.78 is 0. The van der Waals surface area contributed by atoms with Crippen molar-refractivity contribution in [2.75, 3.05) is 18.8 Å². The van der Waals surface area contributed by atoms with Crippen molar-refractivity contribution >= 4 is 5.69 Å². The van der Waals surface area contributed by atoms with Gasteiger partial charge in [-0.05, 0) is 37.2 Å². The van der Waals surface area contributed by atoms with Crippen LogP contribution in [-0.2, 0) is 6.54 Å². The lowest BCUT2D eigenvalue weighted by atomic mass is 10.2. The van der Waals surface area contributed by atoms with Crippen molar-refractivity contribution in [1.82, 2.24) is 5.32 Å². The number of rotatable bonds is 5. The summed E-state index contributed by atoms with van der Waals surface area (Å²) in [6.07, 6.45) is 1.02. The fourth-order valence-corrected chi connectivity index (χ4v) is 1.10. The fourth-order valence-electron chi connectivity index (χ4n) is 1.10. The van der Waals surface area contributed by atoms with Crippen molar-refractivity contribution in [2.24, 2.45) is 5.73 Å². The Labute approximate surface area is 92.9 Å². The molecule has 15 heavy (non-hydrogen) atoms. The monoisotopic (exact) mass is 209 g/mol. The van der Waals surface area contributed by atoms with Crippen molar-refractivity contribution in [3.05, 3.63) is 29.8 Å². The van der Waals surface area contributed by atoms with Crippen LogP contribution in [0.15, 0.2) is 24.3 Å². The van der Waals surface area contributed by atoms with Crippen molar-refractivity contribution < 1.29 is 0 Å². The predicted molar refractivity (Wildman–Crippen MR) is 67.6 cm³/mol. The van der Waals surface area contributed by atoms with Gasteiger partial charge in [0, 0.05) is 12.2 Å². The molecule has 0 unspecified atom stereocenters. The number of hydrogen-bond acceptors (Lipinski definition) is 3. The molecule has 1 rings (SSSR count). The molecule has 5 N–H and O–H groups in total. The molecule has 0 aliphatic heterocycles. The maximum absolute atomic E-state index is 5.57. The van der Waals surface area contributed by atoms with Crippen LogP contribution in [0, 0.1) is 0 Å². The van der Waals surface area contributed by atoms with Gasteiger partial charge in [0.25, 0.3) is 0 Å². The Morgan fingerprint density at radius 1 is 1.13 bits per heavy atom. The third kappa shape index (κ3) is 6.94. The average molecular weight is 209 g/mol. The van der Waals surface area contributed by atoms with Gasteiger partial charge in [0.05, 0.1) is 0 Å². The first-order chi connectivity index (χ1) is 7.33. The predicted octanol–water partition coefficient (Wildman–Crippen LogP) is 1.73. The molecule has 0 fully saturated rings. The van der Waals surface area contributed by atoms with E-state index in [1.165, 1.54) is 5.56 Å². The standard InChI is InChI=1S/C10H17N3.C2H6/c11-6-1-7-13-8-9-2-4-10(12)5-3-9;1-2/h2-5,13H,1,6-8,11-12H2;1-2H3. The van der Waals surface area contributed by atoms with Crippen molar-refractivity contribution in [3.8, 4) is 0 Å². The highest BCUT2D eigenvalue weighted by atomic mass is 14.8. The molecular weight excluding hydrogens is 186 g/mol. The molecule has 1 aromatic rings. The second kappa shape index (κ2) is 9.49. The van der Waals surface area contributed by atoms with Gasteiger partial charge in [-0.25, -0.2) is 0 Å². The first-order valence-electron chi connectivity index (χ1n) is 5.58. The number of nitrogens with one attached hydrogen (secondary N) is 1. The Hall–Kier alpha value is -1.06. The first-order valence-corrected chi connectivity index (χ1v) is 5.58. The van der Waals surface area contributed by atoms with Crippen LogP contribution in [-0.4, -0.2) is 13.1 Å². The molecule has 0 aliphatic carbocycles. The van der Waals surface area contributed by atoms with Crippen molar-refractivity contribution in [1.29, 1.82) is 0 Å². The van der Waals surface area contributed by atoms with E-state index in [0.29, 0.717) is 0 Å². The van der Waals surface area contributed by atoms with Crippen LogP contribution < -0.4 is 16.8 Å². The van der Waals surface area contributed by atoms with Crippen LogP contribution in [0.3, 0.4) is 0 Å². The molecule has 0 amide bonds. The molecule has 0 aliphatic rings. The van der Waals surface area contributed by atoms with Gasteiger partial charge in [0.15, 0.2) is 0 Å². The van der Waals surface area contributed by atoms with E-state index in [2.05, 4.69) is 5.32 Å². The summed E-state index contributed by atoms with van der Waals surface area (Å²) in [5.41, 5.74) is 13.0. The number of hydrogen-bond donors (Lipinski definition) is 3. The number of nitrogens with two attached hydrogens (primary N) is 2.